The predicted molar refractivity (Wildman–Crippen MR) is 79.5 cm³/mol. The number of aromatic nitrogens is 2. The van der Waals surface area contributed by atoms with Gasteiger partial charge in [-0.15, -0.1) is 0 Å². The van der Waals surface area contributed by atoms with Crippen LogP contribution in [0.2, 0.25) is 0 Å². The van der Waals surface area contributed by atoms with Crippen LogP contribution in [-0.2, 0) is 18.3 Å². The van der Waals surface area contributed by atoms with Crippen LogP contribution in [0.3, 0.4) is 0 Å². The molecule has 0 bridgehead atoms. The number of hydrogen-bond acceptors (Lipinski definition) is 3. The van der Waals surface area contributed by atoms with Gasteiger partial charge in [0.2, 0.25) is 5.91 Å². The van der Waals surface area contributed by atoms with E-state index in [1.807, 2.05) is 30.4 Å². The molecular weight excluding hydrogens is 258 g/mol. The molecule has 1 aliphatic rings. The van der Waals surface area contributed by atoms with Crippen LogP contribution in [0, 0.1) is 13.8 Å². The molecule has 1 atom stereocenters. The van der Waals surface area contributed by atoms with E-state index in [0.717, 1.165) is 24.4 Å². The molecule has 5 heteroatoms. The topological polar surface area (TPSA) is 46.9 Å². The highest BCUT2D eigenvalue weighted by atomic mass is 32.2. The molecule has 0 spiro atoms. The van der Waals surface area contributed by atoms with E-state index in [-0.39, 0.29) is 5.91 Å². The molecule has 106 valence electrons. The molecule has 1 N–H and O–H groups in total. The Hall–Kier alpha value is -0.970. The number of amides is 1. The van der Waals surface area contributed by atoms with Crippen molar-refractivity contribution in [3.63, 3.8) is 0 Å². The van der Waals surface area contributed by atoms with E-state index in [2.05, 4.69) is 17.3 Å². The zero-order valence-corrected chi connectivity index (χ0v) is 12.8. The lowest BCUT2D eigenvalue weighted by atomic mass is 10.1. The number of rotatable bonds is 5. The van der Waals surface area contributed by atoms with Crippen molar-refractivity contribution in [2.24, 2.45) is 7.05 Å². The average Bonchev–Trinajstić information content (AvgIpc) is 2.96. The zero-order valence-electron chi connectivity index (χ0n) is 12.0. The van der Waals surface area contributed by atoms with Gasteiger partial charge in [-0.25, -0.2) is 0 Å². The first kappa shape index (κ1) is 14.4. The third kappa shape index (κ3) is 3.75. The van der Waals surface area contributed by atoms with Gasteiger partial charge in [0.15, 0.2) is 0 Å². The van der Waals surface area contributed by atoms with E-state index in [4.69, 9.17) is 0 Å². The van der Waals surface area contributed by atoms with Crippen molar-refractivity contribution in [3.05, 3.63) is 17.0 Å². The largest absolute Gasteiger partial charge is 0.355 e. The van der Waals surface area contributed by atoms with Crippen molar-refractivity contribution in [1.29, 1.82) is 0 Å². The van der Waals surface area contributed by atoms with E-state index >= 15 is 0 Å². The molecule has 2 rings (SSSR count). The molecule has 19 heavy (non-hydrogen) atoms. The summed E-state index contributed by atoms with van der Waals surface area (Å²) < 4.78 is 1.89. The number of carbonyl (C=O) groups is 1. The number of carbonyl (C=O) groups excluding carboxylic acids is 1. The Morgan fingerprint density at radius 1 is 1.53 bits per heavy atom. The van der Waals surface area contributed by atoms with Crippen LogP contribution in [0.5, 0.6) is 0 Å². The molecule has 2 heterocycles. The Morgan fingerprint density at radius 3 is 2.89 bits per heavy atom. The maximum Gasteiger partial charge on any atom is 0.220 e. The highest BCUT2D eigenvalue weighted by molar-refractivity contribution is 8.00. The molecule has 1 aromatic heterocycles. The maximum atomic E-state index is 11.9. The van der Waals surface area contributed by atoms with Gasteiger partial charge in [-0.05, 0) is 44.4 Å². The van der Waals surface area contributed by atoms with Crippen molar-refractivity contribution in [2.45, 2.75) is 44.8 Å². The maximum absolute atomic E-state index is 11.9. The van der Waals surface area contributed by atoms with Gasteiger partial charge in [0.25, 0.3) is 0 Å². The molecule has 0 unspecified atom stereocenters. The van der Waals surface area contributed by atoms with Gasteiger partial charge in [-0.1, -0.05) is 0 Å². The van der Waals surface area contributed by atoms with E-state index in [9.17, 15) is 4.79 Å². The molecule has 4 nitrogen and oxygen atoms in total. The smallest absolute Gasteiger partial charge is 0.220 e. The van der Waals surface area contributed by atoms with Crippen molar-refractivity contribution in [3.8, 4) is 0 Å². The first-order valence-electron chi connectivity index (χ1n) is 6.95. The molecule has 0 radical (unpaired) electrons. The standard InChI is InChI=1S/C14H23N3OS/c1-10-13(11(2)17(3)16-10)6-7-14(18)15-9-12-5-4-8-19-12/h12H,4-9H2,1-3H3,(H,15,18)/t12-/m0/s1. The second kappa shape index (κ2) is 6.46. The van der Waals surface area contributed by atoms with Crippen molar-refractivity contribution >= 4 is 17.7 Å². The van der Waals surface area contributed by atoms with E-state index in [1.54, 1.807) is 0 Å². The minimum Gasteiger partial charge on any atom is -0.355 e. The summed E-state index contributed by atoms with van der Waals surface area (Å²) in [6.45, 7) is 4.90. The number of nitrogens with zero attached hydrogens (tertiary/aromatic N) is 2. The molecule has 1 aliphatic heterocycles. The van der Waals surface area contributed by atoms with Crippen molar-refractivity contribution in [2.75, 3.05) is 12.3 Å². The number of aryl methyl sites for hydroxylation is 2. The summed E-state index contributed by atoms with van der Waals surface area (Å²) in [5.41, 5.74) is 3.42. The Labute approximate surface area is 119 Å². The molecule has 0 aromatic carbocycles. The number of thioether (sulfide) groups is 1. The van der Waals surface area contributed by atoms with Crippen LogP contribution < -0.4 is 5.32 Å². The predicted octanol–water partition coefficient (Wildman–Crippen LogP) is 1.98. The van der Waals surface area contributed by atoms with E-state index < -0.39 is 0 Å². The van der Waals surface area contributed by atoms with Gasteiger partial charge >= 0.3 is 0 Å². The summed E-state index contributed by atoms with van der Waals surface area (Å²) in [5.74, 6) is 1.41. The monoisotopic (exact) mass is 281 g/mol. The molecule has 1 fully saturated rings. The SMILES string of the molecule is Cc1nn(C)c(C)c1CCC(=O)NC[C@@H]1CCCS1. The fourth-order valence-electron chi connectivity index (χ4n) is 2.54. The fourth-order valence-corrected chi connectivity index (χ4v) is 3.74. The van der Waals surface area contributed by atoms with E-state index in [0.29, 0.717) is 11.7 Å². The summed E-state index contributed by atoms with van der Waals surface area (Å²) in [4.78, 5) is 11.9. The molecule has 0 saturated carbocycles. The highest BCUT2D eigenvalue weighted by Crippen LogP contribution is 2.25. The summed E-state index contributed by atoms with van der Waals surface area (Å²) in [6.07, 6.45) is 3.88. The van der Waals surface area contributed by atoms with Crippen molar-refractivity contribution in [1.82, 2.24) is 15.1 Å². The second-order valence-electron chi connectivity index (χ2n) is 5.21. The molecule has 1 amide bonds. The second-order valence-corrected chi connectivity index (χ2v) is 6.62. The quantitative estimate of drug-likeness (QED) is 0.898. The molecular formula is C14H23N3OS. The van der Waals surface area contributed by atoms with Crippen LogP contribution in [0.25, 0.3) is 0 Å². The minimum atomic E-state index is 0.162. The van der Waals surface area contributed by atoms with Crippen molar-refractivity contribution < 1.29 is 4.79 Å². The van der Waals surface area contributed by atoms with Crippen LogP contribution in [0.4, 0.5) is 0 Å². The van der Waals surface area contributed by atoms with Crippen LogP contribution in [0.1, 0.15) is 36.2 Å². The van der Waals surface area contributed by atoms with Crippen LogP contribution in [0.15, 0.2) is 0 Å². The first-order chi connectivity index (χ1) is 9.08. The van der Waals surface area contributed by atoms with Gasteiger partial charge in [0.1, 0.15) is 0 Å². The lowest BCUT2D eigenvalue weighted by Gasteiger charge is -2.10. The Balaban J connectivity index is 1.76. The lowest BCUT2D eigenvalue weighted by Crippen LogP contribution is -2.29. The van der Waals surface area contributed by atoms with Gasteiger partial charge in [-0.3, -0.25) is 9.48 Å². The summed E-state index contributed by atoms with van der Waals surface area (Å²) in [7, 11) is 1.95. The van der Waals surface area contributed by atoms with E-state index in [1.165, 1.54) is 24.2 Å². The number of hydrogen-bond donors (Lipinski definition) is 1. The highest BCUT2D eigenvalue weighted by Gasteiger charge is 2.16. The Kier molecular flexibility index (Phi) is 4.91. The Morgan fingerprint density at radius 2 is 2.32 bits per heavy atom. The zero-order chi connectivity index (χ0) is 13.8. The molecule has 0 aliphatic carbocycles. The van der Waals surface area contributed by atoms with Gasteiger partial charge < -0.3 is 5.32 Å². The van der Waals surface area contributed by atoms with Crippen LogP contribution in [-0.4, -0.2) is 33.2 Å². The molecule has 1 saturated heterocycles. The van der Waals surface area contributed by atoms with Gasteiger partial charge in [-0.2, -0.15) is 16.9 Å². The van der Waals surface area contributed by atoms with Gasteiger partial charge in [0.05, 0.1) is 5.69 Å². The van der Waals surface area contributed by atoms with Crippen LogP contribution >= 0.6 is 11.8 Å². The average molecular weight is 281 g/mol. The molecule has 1 aromatic rings. The van der Waals surface area contributed by atoms with Gasteiger partial charge in [0, 0.05) is 31.0 Å². The summed E-state index contributed by atoms with van der Waals surface area (Å²) in [5, 5.41) is 8.06. The number of nitrogens with one attached hydrogen (secondary N) is 1. The third-order valence-corrected chi connectivity index (χ3v) is 5.21. The summed E-state index contributed by atoms with van der Waals surface area (Å²) in [6, 6.07) is 0. The first-order valence-corrected chi connectivity index (χ1v) is 8.00. The lowest BCUT2D eigenvalue weighted by molar-refractivity contribution is -0.121. The fraction of sp³-hybridized carbons (Fsp3) is 0.714. The third-order valence-electron chi connectivity index (χ3n) is 3.81. The Bertz CT molecular complexity index is 450. The normalized spacial score (nSPS) is 18.8. The summed E-state index contributed by atoms with van der Waals surface area (Å²) >= 11 is 1.98. The minimum absolute atomic E-state index is 0.162.